The summed E-state index contributed by atoms with van der Waals surface area (Å²) >= 11 is 0. The molecule has 0 spiro atoms. The van der Waals surface area contributed by atoms with E-state index in [4.69, 9.17) is 0 Å². The van der Waals surface area contributed by atoms with Gasteiger partial charge in [0.25, 0.3) is 5.95 Å². The van der Waals surface area contributed by atoms with Crippen molar-refractivity contribution in [2.45, 2.75) is 45.1 Å². The highest BCUT2D eigenvalue weighted by Gasteiger charge is 2.26. The SMILES string of the molecule is CCC(C1CCCC1)n1cc(-c2nc(NS(C)(=O)=O)nn3cccc23)cn1. The Morgan fingerprint density at radius 2 is 2.11 bits per heavy atom. The van der Waals surface area contributed by atoms with Crippen LogP contribution < -0.4 is 4.72 Å². The number of anilines is 1. The van der Waals surface area contributed by atoms with Gasteiger partial charge in [-0.3, -0.25) is 9.40 Å². The van der Waals surface area contributed by atoms with Crippen LogP contribution in [0.15, 0.2) is 30.7 Å². The number of rotatable bonds is 6. The molecule has 0 aliphatic heterocycles. The van der Waals surface area contributed by atoms with Gasteiger partial charge in [0.2, 0.25) is 10.0 Å². The zero-order valence-corrected chi connectivity index (χ0v) is 16.4. The van der Waals surface area contributed by atoms with Crippen LogP contribution >= 0.6 is 0 Å². The second-order valence-electron chi connectivity index (χ2n) is 7.23. The molecule has 3 aromatic rings. The van der Waals surface area contributed by atoms with Gasteiger partial charge in [-0.05, 0) is 37.3 Å². The summed E-state index contributed by atoms with van der Waals surface area (Å²) in [5.41, 5.74) is 2.32. The Morgan fingerprint density at radius 3 is 2.81 bits per heavy atom. The van der Waals surface area contributed by atoms with Gasteiger partial charge < -0.3 is 0 Å². The molecular formula is C18H24N6O2S. The van der Waals surface area contributed by atoms with E-state index >= 15 is 0 Å². The predicted octanol–water partition coefficient (Wildman–Crippen LogP) is 3.11. The van der Waals surface area contributed by atoms with Crippen molar-refractivity contribution >= 4 is 21.5 Å². The first-order valence-electron chi connectivity index (χ1n) is 9.32. The standard InChI is InChI=1S/C18H24N6O2S/c1-3-15(13-7-4-5-8-13)24-12-14(11-19-24)17-16-9-6-10-23(16)21-18(20-17)22-27(2,25)26/h6,9-13,15H,3-5,7-8H2,1-2H3,(H,21,22). The lowest BCUT2D eigenvalue weighted by molar-refractivity contribution is 0.301. The number of sulfonamides is 1. The molecule has 1 aliphatic carbocycles. The molecule has 1 atom stereocenters. The number of hydrogen-bond acceptors (Lipinski definition) is 5. The first-order chi connectivity index (χ1) is 12.9. The summed E-state index contributed by atoms with van der Waals surface area (Å²) in [6, 6.07) is 4.15. The molecule has 0 saturated heterocycles. The highest BCUT2D eigenvalue weighted by molar-refractivity contribution is 7.91. The number of nitrogens with one attached hydrogen (secondary N) is 1. The summed E-state index contributed by atoms with van der Waals surface area (Å²) in [4.78, 5) is 4.45. The van der Waals surface area contributed by atoms with Crippen LogP contribution in [0.4, 0.5) is 5.95 Å². The van der Waals surface area contributed by atoms with Gasteiger partial charge in [-0.1, -0.05) is 19.8 Å². The first kappa shape index (κ1) is 18.0. The molecule has 27 heavy (non-hydrogen) atoms. The Balaban J connectivity index is 1.73. The van der Waals surface area contributed by atoms with Crippen molar-refractivity contribution in [1.82, 2.24) is 24.4 Å². The molecule has 3 aromatic heterocycles. The predicted molar refractivity (Wildman–Crippen MR) is 104 cm³/mol. The van der Waals surface area contributed by atoms with Crippen LogP contribution in [0.2, 0.25) is 0 Å². The zero-order chi connectivity index (χ0) is 19.0. The van der Waals surface area contributed by atoms with Gasteiger partial charge in [0, 0.05) is 18.0 Å². The second kappa shape index (κ2) is 6.95. The van der Waals surface area contributed by atoms with Gasteiger partial charge in [0.1, 0.15) is 5.69 Å². The molecule has 144 valence electrons. The Hall–Kier alpha value is -2.42. The maximum Gasteiger partial charge on any atom is 0.255 e. The summed E-state index contributed by atoms with van der Waals surface area (Å²) in [7, 11) is -3.46. The minimum atomic E-state index is -3.46. The van der Waals surface area contributed by atoms with Gasteiger partial charge in [-0.25, -0.2) is 17.9 Å². The normalized spacial score (nSPS) is 16.8. The minimum absolute atomic E-state index is 0.0479. The van der Waals surface area contributed by atoms with Crippen molar-refractivity contribution in [2.75, 3.05) is 11.0 Å². The fourth-order valence-electron chi connectivity index (χ4n) is 4.08. The van der Waals surface area contributed by atoms with E-state index in [1.807, 2.05) is 18.3 Å². The van der Waals surface area contributed by atoms with Crippen LogP contribution in [-0.4, -0.2) is 39.1 Å². The van der Waals surface area contributed by atoms with E-state index in [9.17, 15) is 8.42 Å². The Kier molecular flexibility index (Phi) is 4.63. The molecule has 1 N–H and O–H groups in total. The third-order valence-electron chi connectivity index (χ3n) is 5.24. The Morgan fingerprint density at radius 1 is 1.33 bits per heavy atom. The minimum Gasteiger partial charge on any atom is -0.269 e. The lowest BCUT2D eigenvalue weighted by Gasteiger charge is -2.22. The van der Waals surface area contributed by atoms with E-state index in [2.05, 4.69) is 31.5 Å². The van der Waals surface area contributed by atoms with E-state index in [0.29, 0.717) is 17.7 Å². The number of hydrogen-bond donors (Lipinski definition) is 1. The smallest absolute Gasteiger partial charge is 0.255 e. The zero-order valence-electron chi connectivity index (χ0n) is 15.5. The lowest BCUT2D eigenvalue weighted by Crippen LogP contribution is -2.17. The lowest BCUT2D eigenvalue weighted by atomic mass is 9.96. The summed E-state index contributed by atoms with van der Waals surface area (Å²) in [5, 5.41) is 8.83. The fraction of sp³-hybridized carbons (Fsp3) is 0.500. The van der Waals surface area contributed by atoms with Crippen molar-refractivity contribution in [3.8, 4) is 11.3 Å². The van der Waals surface area contributed by atoms with E-state index < -0.39 is 10.0 Å². The van der Waals surface area contributed by atoms with Crippen LogP contribution in [0.1, 0.15) is 45.1 Å². The average molecular weight is 388 g/mol. The number of aromatic nitrogens is 5. The highest BCUT2D eigenvalue weighted by Crippen LogP contribution is 2.36. The largest absolute Gasteiger partial charge is 0.269 e. The van der Waals surface area contributed by atoms with Crippen molar-refractivity contribution in [1.29, 1.82) is 0 Å². The third-order valence-corrected chi connectivity index (χ3v) is 5.80. The third kappa shape index (κ3) is 3.69. The van der Waals surface area contributed by atoms with Crippen molar-refractivity contribution in [2.24, 2.45) is 5.92 Å². The summed E-state index contributed by atoms with van der Waals surface area (Å²) in [6.45, 7) is 2.20. The molecule has 0 radical (unpaired) electrons. The maximum absolute atomic E-state index is 11.6. The average Bonchev–Trinajstić information content (AvgIpc) is 3.35. The van der Waals surface area contributed by atoms with Gasteiger partial charge >= 0.3 is 0 Å². The molecule has 8 nitrogen and oxygen atoms in total. The van der Waals surface area contributed by atoms with Gasteiger partial charge in [-0.2, -0.15) is 5.10 Å². The molecule has 0 bridgehead atoms. The number of nitrogens with zero attached hydrogens (tertiary/aromatic N) is 5. The number of fused-ring (bicyclic) bond motifs is 1. The monoisotopic (exact) mass is 388 g/mol. The summed E-state index contributed by atoms with van der Waals surface area (Å²) in [5.74, 6) is 0.718. The van der Waals surface area contributed by atoms with Crippen LogP contribution in [0.25, 0.3) is 16.8 Å². The van der Waals surface area contributed by atoms with Gasteiger partial charge in [0.15, 0.2) is 0 Å². The molecule has 1 fully saturated rings. The first-order valence-corrected chi connectivity index (χ1v) is 11.2. The van der Waals surface area contributed by atoms with Crippen molar-refractivity contribution in [3.05, 3.63) is 30.7 Å². The van der Waals surface area contributed by atoms with E-state index in [1.54, 1.807) is 16.9 Å². The fourth-order valence-corrected chi connectivity index (χ4v) is 4.49. The molecule has 1 unspecified atom stereocenters. The molecule has 0 aromatic carbocycles. The van der Waals surface area contributed by atoms with Gasteiger partial charge in [0.05, 0.1) is 24.0 Å². The van der Waals surface area contributed by atoms with Gasteiger partial charge in [-0.15, -0.1) is 5.10 Å². The van der Waals surface area contributed by atoms with Crippen LogP contribution in [0.5, 0.6) is 0 Å². The molecule has 9 heteroatoms. The highest BCUT2D eigenvalue weighted by atomic mass is 32.2. The van der Waals surface area contributed by atoms with Crippen LogP contribution in [0.3, 0.4) is 0 Å². The maximum atomic E-state index is 11.6. The van der Waals surface area contributed by atoms with Crippen molar-refractivity contribution in [3.63, 3.8) is 0 Å². The molecule has 1 saturated carbocycles. The van der Waals surface area contributed by atoms with E-state index in [-0.39, 0.29) is 5.95 Å². The van der Waals surface area contributed by atoms with Crippen LogP contribution in [-0.2, 0) is 10.0 Å². The molecule has 4 rings (SSSR count). The topological polar surface area (TPSA) is 94.2 Å². The molecule has 1 aliphatic rings. The summed E-state index contributed by atoms with van der Waals surface area (Å²) in [6.07, 6.45) is 12.8. The van der Waals surface area contributed by atoms with E-state index in [1.165, 1.54) is 25.7 Å². The molecular weight excluding hydrogens is 364 g/mol. The second-order valence-corrected chi connectivity index (χ2v) is 8.97. The Bertz CT molecular complexity index is 1050. The Labute approximate surface area is 158 Å². The summed E-state index contributed by atoms with van der Waals surface area (Å²) < 4.78 is 29.2. The molecule has 3 heterocycles. The molecule has 0 amide bonds. The quantitative estimate of drug-likeness (QED) is 0.700. The van der Waals surface area contributed by atoms with Crippen LogP contribution in [0, 0.1) is 5.92 Å². The van der Waals surface area contributed by atoms with Crippen molar-refractivity contribution < 1.29 is 8.42 Å². The van der Waals surface area contributed by atoms with E-state index in [0.717, 1.165) is 23.8 Å².